The van der Waals surface area contributed by atoms with E-state index in [1.54, 1.807) is 36.1 Å². The van der Waals surface area contributed by atoms with Crippen molar-refractivity contribution >= 4 is 12.0 Å². The van der Waals surface area contributed by atoms with E-state index >= 15 is 0 Å². The van der Waals surface area contributed by atoms with E-state index in [2.05, 4.69) is 11.4 Å². The first kappa shape index (κ1) is 16.1. The molecule has 2 aromatic carbocycles. The minimum Gasteiger partial charge on any atom is -0.410 e. The molecule has 0 saturated carbocycles. The van der Waals surface area contributed by atoms with Crippen molar-refractivity contribution in [3.63, 3.8) is 0 Å². The van der Waals surface area contributed by atoms with Gasteiger partial charge in [0.05, 0.1) is 0 Å². The van der Waals surface area contributed by atoms with Crippen molar-refractivity contribution in [2.24, 2.45) is 0 Å². The van der Waals surface area contributed by atoms with Gasteiger partial charge in [-0.25, -0.2) is 4.79 Å². The first-order valence-electron chi connectivity index (χ1n) is 8.02. The molecule has 1 aliphatic heterocycles. The molecule has 0 spiro atoms. The topological polar surface area (TPSA) is 58.6 Å². The van der Waals surface area contributed by atoms with Crippen molar-refractivity contribution in [1.82, 2.24) is 10.2 Å². The molecule has 2 aromatic rings. The molecule has 1 heterocycles. The van der Waals surface area contributed by atoms with E-state index in [0.29, 0.717) is 18.8 Å². The molecule has 0 aromatic heterocycles. The minimum atomic E-state index is -0.633. The van der Waals surface area contributed by atoms with Crippen LogP contribution in [0.2, 0.25) is 0 Å². The molecule has 1 N–H and O–H groups in total. The maximum absolute atomic E-state index is 12.6. The van der Waals surface area contributed by atoms with Crippen LogP contribution in [0.3, 0.4) is 0 Å². The van der Waals surface area contributed by atoms with Crippen LogP contribution >= 0.6 is 0 Å². The smallest absolute Gasteiger partial charge is 0.410 e. The number of fused-ring (bicyclic) bond motifs is 1. The summed E-state index contributed by atoms with van der Waals surface area (Å²) in [5, 5.41) is 2.60. The van der Waals surface area contributed by atoms with Crippen molar-refractivity contribution in [1.29, 1.82) is 0 Å². The summed E-state index contributed by atoms with van der Waals surface area (Å²) in [6.45, 7) is 2.92. The highest BCUT2D eigenvalue weighted by Crippen LogP contribution is 2.19. The molecule has 3 rings (SSSR count). The van der Waals surface area contributed by atoms with Crippen LogP contribution in [0.5, 0.6) is 5.75 Å². The molecule has 0 aliphatic carbocycles. The van der Waals surface area contributed by atoms with E-state index in [1.807, 2.05) is 24.3 Å². The Morgan fingerprint density at radius 3 is 2.46 bits per heavy atom. The van der Waals surface area contributed by atoms with Crippen molar-refractivity contribution in [2.75, 3.05) is 6.54 Å². The second-order valence-electron chi connectivity index (χ2n) is 5.85. The highest BCUT2D eigenvalue weighted by molar-refractivity contribution is 5.86. The third-order valence-electron chi connectivity index (χ3n) is 4.10. The Kier molecular flexibility index (Phi) is 4.79. The SMILES string of the molecule is C[C@@H](NC(=O)Oc1ccccc1)C(=O)N1CCc2ccccc2C1. The Balaban J connectivity index is 1.56. The van der Waals surface area contributed by atoms with Gasteiger partial charge >= 0.3 is 6.09 Å². The predicted molar refractivity (Wildman–Crippen MR) is 90.6 cm³/mol. The van der Waals surface area contributed by atoms with Gasteiger partial charge in [0, 0.05) is 13.1 Å². The van der Waals surface area contributed by atoms with E-state index in [1.165, 1.54) is 5.56 Å². The first-order valence-corrected chi connectivity index (χ1v) is 8.02. The Hall–Kier alpha value is -2.82. The summed E-state index contributed by atoms with van der Waals surface area (Å²) in [4.78, 5) is 26.2. The summed E-state index contributed by atoms with van der Waals surface area (Å²) in [5.41, 5.74) is 2.45. The number of amides is 2. The molecule has 5 nitrogen and oxygen atoms in total. The number of rotatable bonds is 3. The maximum atomic E-state index is 12.6. The summed E-state index contributed by atoms with van der Waals surface area (Å²) < 4.78 is 5.16. The second-order valence-corrected chi connectivity index (χ2v) is 5.85. The standard InChI is InChI=1S/C19H20N2O3/c1-14(20-19(23)24-17-9-3-2-4-10-17)18(22)21-12-11-15-7-5-6-8-16(15)13-21/h2-10,14H,11-13H2,1H3,(H,20,23)/t14-/m1/s1. The fourth-order valence-corrected chi connectivity index (χ4v) is 2.82. The van der Waals surface area contributed by atoms with E-state index in [4.69, 9.17) is 4.74 Å². The monoisotopic (exact) mass is 324 g/mol. The van der Waals surface area contributed by atoms with Gasteiger partial charge < -0.3 is 15.0 Å². The van der Waals surface area contributed by atoms with Crippen LogP contribution in [0.25, 0.3) is 0 Å². The van der Waals surface area contributed by atoms with Crippen molar-refractivity contribution in [2.45, 2.75) is 25.9 Å². The lowest BCUT2D eigenvalue weighted by Gasteiger charge is -2.31. The molecule has 0 bridgehead atoms. The lowest BCUT2D eigenvalue weighted by molar-refractivity contribution is -0.133. The molecule has 0 radical (unpaired) electrons. The molecule has 5 heteroatoms. The molecule has 1 aliphatic rings. The van der Waals surface area contributed by atoms with Crippen LogP contribution in [0.1, 0.15) is 18.1 Å². The minimum absolute atomic E-state index is 0.102. The lowest BCUT2D eigenvalue weighted by atomic mass is 9.99. The number of hydrogen-bond donors (Lipinski definition) is 1. The number of nitrogens with one attached hydrogen (secondary N) is 1. The molecule has 2 amide bonds. The highest BCUT2D eigenvalue weighted by Gasteiger charge is 2.25. The van der Waals surface area contributed by atoms with Crippen molar-refractivity contribution in [3.05, 3.63) is 65.7 Å². The van der Waals surface area contributed by atoms with Gasteiger partial charge in [0.1, 0.15) is 11.8 Å². The van der Waals surface area contributed by atoms with E-state index in [0.717, 1.165) is 12.0 Å². The second kappa shape index (κ2) is 7.17. The summed E-state index contributed by atoms with van der Waals surface area (Å²) in [7, 11) is 0. The molecule has 24 heavy (non-hydrogen) atoms. The van der Waals surface area contributed by atoms with E-state index < -0.39 is 12.1 Å². The zero-order valence-corrected chi connectivity index (χ0v) is 13.6. The molecular formula is C19H20N2O3. The zero-order chi connectivity index (χ0) is 16.9. The third kappa shape index (κ3) is 3.74. The van der Waals surface area contributed by atoms with Gasteiger partial charge in [-0.3, -0.25) is 4.79 Å². The van der Waals surface area contributed by atoms with Gasteiger partial charge in [0.15, 0.2) is 0 Å². The fraction of sp³-hybridized carbons (Fsp3) is 0.263. The predicted octanol–water partition coefficient (Wildman–Crippen LogP) is 2.75. The van der Waals surface area contributed by atoms with Gasteiger partial charge in [0.25, 0.3) is 0 Å². The van der Waals surface area contributed by atoms with Gasteiger partial charge in [0.2, 0.25) is 5.91 Å². The summed E-state index contributed by atoms with van der Waals surface area (Å²) in [6.07, 6.45) is 0.211. The van der Waals surface area contributed by atoms with Gasteiger partial charge in [-0.1, -0.05) is 42.5 Å². The number of ether oxygens (including phenoxy) is 1. The average Bonchev–Trinajstić information content (AvgIpc) is 2.61. The van der Waals surface area contributed by atoms with E-state index in [-0.39, 0.29) is 5.91 Å². The van der Waals surface area contributed by atoms with E-state index in [9.17, 15) is 9.59 Å². The summed E-state index contributed by atoms with van der Waals surface area (Å²) in [5.74, 6) is 0.344. The number of para-hydroxylation sites is 1. The van der Waals surface area contributed by atoms with Gasteiger partial charge in [-0.15, -0.1) is 0 Å². The molecular weight excluding hydrogens is 304 g/mol. The van der Waals surface area contributed by atoms with Crippen LogP contribution in [0.4, 0.5) is 4.79 Å². The maximum Gasteiger partial charge on any atom is 0.413 e. The van der Waals surface area contributed by atoms with Crippen LogP contribution < -0.4 is 10.1 Å². The molecule has 0 fully saturated rings. The lowest BCUT2D eigenvalue weighted by Crippen LogP contribution is -2.49. The van der Waals surface area contributed by atoms with Crippen molar-refractivity contribution < 1.29 is 14.3 Å². The number of carbonyl (C=O) groups excluding carboxylic acids is 2. The van der Waals surface area contributed by atoms with Gasteiger partial charge in [-0.2, -0.15) is 0 Å². The van der Waals surface area contributed by atoms with Crippen LogP contribution in [0.15, 0.2) is 54.6 Å². The molecule has 1 atom stereocenters. The number of nitrogens with zero attached hydrogens (tertiary/aromatic N) is 1. The fourth-order valence-electron chi connectivity index (χ4n) is 2.82. The average molecular weight is 324 g/mol. The first-order chi connectivity index (χ1) is 11.6. The highest BCUT2D eigenvalue weighted by atomic mass is 16.6. The van der Waals surface area contributed by atoms with Crippen molar-refractivity contribution in [3.8, 4) is 5.75 Å². The largest absolute Gasteiger partial charge is 0.413 e. The number of hydrogen-bond acceptors (Lipinski definition) is 3. The normalized spacial score (nSPS) is 14.5. The van der Waals surface area contributed by atoms with Crippen LogP contribution in [0, 0.1) is 0 Å². The quantitative estimate of drug-likeness (QED) is 0.944. The Labute approximate surface area is 141 Å². The number of benzene rings is 2. The third-order valence-corrected chi connectivity index (χ3v) is 4.10. The Morgan fingerprint density at radius 2 is 1.71 bits per heavy atom. The molecule has 124 valence electrons. The summed E-state index contributed by atoms with van der Waals surface area (Å²) >= 11 is 0. The van der Waals surface area contributed by atoms with Crippen LogP contribution in [-0.4, -0.2) is 29.5 Å². The molecule has 0 saturated heterocycles. The van der Waals surface area contributed by atoms with Gasteiger partial charge in [-0.05, 0) is 36.6 Å². The zero-order valence-electron chi connectivity index (χ0n) is 13.6. The van der Waals surface area contributed by atoms with Crippen LogP contribution in [-0.2, 0) is 17.8 Å². The summed E-state index contributed by atoms with van der Waals surface area (Å²) in [6, 6.07) is 16.3. The number of carbonyl (C=O) groups is 2. The molecule has 0 unspecified atom stereocenters. The Bertz CT molecular complexity index is 730. The Morgan fingerprint density at radius 1 is 1.04 bits per heavy atom.